The van der Waals surface area contributed by atoms with Crippen LogP contribution in [-0.2, 0) is 9.47 Å². The van der Waals surface area contributed by atoms with Crippen molar-refractivity contribution in [1.29, 1.82) is 0 Å². The first-order chi connectivity index (χ1) is 19.7. The summed E-state index contributed by atoms with van der Waals surface area (Å²) in [7, 11) is 0. The Morgan fingerprint density at radius 1 is 1.37 bits per heavy atom. The van der Waals surface area contributed by atoms with Crippen molar-refractivity contribution in [3.8, 4) is 0 Å². The molecule has 2 atom stereocenters. The lowest BCUT2D eigenvalue weighted by molar-refractivity contribution is 0.0564. The number of alkyl halides is 2. The summed E-state index contributed by atoms with van der Waals surface area (Å²) < 4.78 is 51.7. The fraction of sp³-hybridized carbons (Fsp3) is 0.320. The molecule has 0 spiro atoms. The molecule has 2 aromatic heterocycles. The zero-order valence-corrected chi connectivity index (χ0v) is 23.0. The first kappa shape index (κ1) is 28.4. The number of amidine groups is 1. The summed E-state index contributed by atoms with van der Waals surface area (Å²) in [5.74, 6) is -0.225. The number of thiazole rings is 1. The molecule has 2 N–H and O–H groups in total. The molecule has 1 aromatic carbocycles. The Labute approximate surface area is 240 Å². The monoisotopic (exact) mass is 609 g/mol. The second-order valence-electron chi connectivity index (χ2n) is 8.85. The van der Waals surface area contributed by atoms with E-state index in [0.717, 1.165) is 12.3 Å². The van der Waals surface area contributed by atoms with Gasteiger partial charge in [-0.2, -0.15) is 13.9 Å². The van der Waals surface area contributed by atoms with Crippen LogP contribution in [0, 0.1) is 5.82 Å². The summed E-state index contributed by atoms with van der Waals surface area (Å²) in [6.45, 7) is -0.966. The van der Waals surface area contributed by atoms with Crippen LogP contribution in [-0.4, -0.2) is 70.0 Å². The summed E-state index contributed by atoms with van der Waals surface area (Å²) in [6.07, 6.45) is 0.759. The maximum absolute atomic E-state index is 14.0. The first-order valence-electron chi connectivity index (χ1n) is 12.4. The van der Waals surface area contributed by atoms with Gasteiger partial charge in [-0.15, -0.1) is 11.3 Å². The van der Waals surface area contributed by atoms with Crippen LogP contribution in [0.3, 0.4) is 0 Å². The predicted molar refractivity (Wildman–Crippen MR) is 143 cm³/mol. The average molecular weight is 610 g/mol. The van der Waals surface area contributed by atoms with Gasteiger partial charge in [-0.05, 0) is 25.1 Å². The van der Waals surface area contributed by atoms with Crippen molar-refractivity contribution in [1.82, 2.24) is 30.3 Å². The largest absolute Gasteiger partial charge is 0.450 e. The molecule has 0 saturated carbocycles. The Morgan fingerprint density at radius 2 is 2.20 bits per heavy atom. The maximum atomic E-state index is 14.0. The van der Waals surface area contributed by atoms with Crippen molar-refractivity contribution in [3.05, 3.63) is 74.8 Å². The molecular weight excluding hydrogens is 587 g/mol. The van der Waals surface area contributed by atoms with Crippen molar-refractivity contribution >= 4 is 46.5 Å². The minimum Gasteiger partial charge on any atom is -0.450 e. The van der Waals surface area contributed by atoms with Gasteiger partial charge in [-0.3, -0.25) is 9.89 Å². The van der Waals surface area contributed by atoms with Gasteiger partial charge in [0.15, 0.2) is 10.8 Å². The number of nitrogens with one attached hydrogen (secondary N) is 2. The van der Waals surface area contributed by atoms with E-state index in [9.17, 15) is 22.8 Å². The maximum Gasteiger partial charge on any atom is 0.410 e. The van der Waals surface area contributed by atoms with E-state index in [4.69, 9.17) is 26.1 Å². The lowest BCUT2D eigenvalue weighted by Gasteiger charge is -2.29. The second-order valence-corrected chi connectivity index (χ2v) is 10.1. The number of nitrogens with zero attached hydrogens (tertiary/aromatic N) is 5. The molecule has 0 unspecified atom stereocenters. The number of halogens is 4. The first-order valence-corrected chi connectivity index (χ1v) is 13.6. The van der Waals surface area contributed by atoms with Gasteiger partial charge in [0.25, 0.3) is 0 Å². The molecule has 16 heteroatoms. The van der Waals surface area contributed by atoms with Gasteiger partial charge < -0.3 is 20.1 Å². The summed E-state index contributed by atoms with van der Waals surface area (Å²) in [5, 5.41) is 12.1. The van der Waals surface area contributed by atoms with Gasteiger partial charge in [0, 0.05) is 39.6 Å². The van der Waals surface area contributed by atoms with Gasteiger partial charge in [-0.25, -0.2) is 23.6 Å². The Morgan fingerprint density at radius 3 is 2.88 bits per heavy atom. The number of carbonyl (C=O) groups excluding carboxylic acids is 2. The molecule has 1 saturated heterocycles. The number of aromatic nitrogens is 3. The molecule has 2 aliphatic rings. The van der Waals surface area contributed by atoms with Crippen molar-refractivity contribution in [2.24, 2.45) is 4.99 Å². The molecule has 2 aliphatic heterocycles. The third kappa shape index (κ3) is 6.30. The zero-order chi connectivity index (χ0) is 29.1. The summed E-state index contributed by atoms with van der Waals surface area (Å²) >= 11 is 7.75. The number of hydrogen-bond donors (Lipinski definition) is 2. The van der Waals surface area contributed by atoms with Crippen LogP contribution < -0.4 is 10.6 Å². The van der Waals surface area contributed by atoms with Gasteiger partial charge in [0.05, 0.1) is 31.9 Å². The molecule has 216 valence electrons. The minimum atomic E-state index is -2.90. The molecule has 11 nitrogen and oxygen atoms in total. The Bertz CT molecular complexity index is 1500. The van der Waals surface area contributed by atoms with Crippen LogP contribution in [0.4, 0.5) is 22.8 Å². The van der Waals surface area contributed by atoms with Crippen LogP contribution in [0.2, 0.25) is 5.02 Å². The van der Waals surface area contributed by atoms with E-state index in [1.165, 1.54) is 34.4 Å². The van der Waals surface area contributed by atoms with Crippen LogP contribution in [0.1, 0.15) is 35.8 Å². The van der Waals surface area contributed by atoms with Crippen LogP contribution in [0.15, 0.2) is 52.7 Å². The SMILES string of the molecule is CCOC(=O)NC[C@@H]1CN(CC2=C(c3ccn(C(F)F)n3)[C@H](c3ccc(F)cc3Cl)N=C(c3nccs3)N2)C(=O)O1. The lowest BCUT2D eigenvalue weighted by atomic mass is 9.93. The number of rotatable bonds is 9. The second kappa shape index (κ2) is 12.2. The van der Waals surface area contributed by atoms with Crippen molar-refractivity contribution < 1.29 is 32.2 Å². The fourth-order valence-electron chi connectivity index (χ4n) is 4.39. The molecule has 1 fully saturated rings. The van der Waals surface area contributed by atoms with Gasteiger partial charge >= 0.3 is 18.7 Å². The molecule has 2 amide bonds. The molecule has 0 bridgehead atoms. The van der Waals surface area contributed by atoms with Gasteiger partial charge in [0.2, 0.25) is 0 Å². The number of hydrogen-bond acceptors (Lipinski definition) is 9. The number of ether oxygens (including phenoxy) is 2. The van der Waals surface area contributed by atoms with E-state index in [1.54, 1.807) is 18.5 Å². The average Bonchev–Trinajstić information content (AvgIpc) is 3.70. The third-order valence-electron chi connectivity index (χ3n) is 6.15. The van der Waals surface area contributed by atoms with Crippen LogP contribution >= 0.6 is 22.9 Å². The van der Waals surface area contributed by atoms with E-state index < -0.39 is 36.7 Å². The lowest BCUT2D eigenvalue weighted by Crippen LogP contribution is -2.39. The quantitative estimate of drug-likeness (QED) is 0.364. The van der Waals surface area contributed by atoms with Crippen LogP contribution in [0.25, 0.3) is 5.57 Å². The Kier molecular flexibility index (Phi) is 8.44. The fourth-order valence-corrected chi connectivity index (χ4v) is 5.25. The van der Waals surface area contributed by atoms with E-state index in [1.807, 2.05) is 0 Å². The highest BCUT2D eigenvalue weighted by Gasteiger charge is 2.36. The highest BCUT2D eigenvalue weighted by Crippen LogP contribution is 2.41. The number of aliphatic imine (C=N–C) groups is 1. The summed E-state index contributed by atoms with van der Waals surface area (Å²) in [4.78, 5) is 35.0. The number of carbonyl (C=O) groups is 2. The van der Waals surface area contributed by atoms with Gasteiger partial charge in [-0.1, -0.05) is 17.7 Å². The Balaban J connectivity index is 1.54. The van der Waals surface area contributed by atoms with Crippen molar-refractivity contribution in [2.75, 3.05) is 26.2 Å². The highest BCUT2D eigenvalue weighted by atomic mass is 35.5. The summed E-state index contributed by atoms with van der Waals surface area (Å²) in [6, 6.07) is 4.28. The Hall–Kier alpha value is -4.11. The number of cyclic esters (lactones) is 1. The molecule has 5 rings (SSSR count). The van der Waals surface area contributed by atoms with E-state index >= 15 is 0 Å². The van der Waals surface area contributed by atoms with Crippen LogP contribution in [0.5, 0.6) is 0 Å². The molecule has 3 aromatic rings. The van der Waals surface area contributed by atoms with Crippen molar-refractivity contribution in [3.63, 3.8) is 0 Å². The zero-order valence-electron chi connectivity index (χ0n) is 21.4. The highest BCUT2D eigenvalue weighted by molar-refractivity contribution is 7.11. The number of benzene rings is 1. The number of alkyl carbamates (subject to hydrolysis) is 1. The topological polar surface area (TPSA) is 123 Å². The normalized spacial score (nSPS) is 18.8. The molecule has 41 heavy (non-hydrogen) atoms. The standard InChI is InChI=1S/C25H23ClF3N7O4S/c1-2-39-24(37)31-10-14-11-35(25(38)40-14)12-18-19(17-5-7-36(34-17)23(28)29)20(15-4-3-13(27)9-16(15)26)33-21(32-18)22-30-6-8-41-22/h3-9,14,20,23H,2,10-12H2,1H3,(H,31,37)(H,32,33)/t14-,20+/m1/s1. The molecular formula is C25H23ClF3N7O4S. The molecule has 0 radical (unpaired) electrons. The molecule has 4 heterocycles. The van der Waals surface area contributed by atoms with Gasteiger partial charge in [0.1, 0.15) is 18.0 Å². The predicted octanol–water partition coefficient (Wildman–Crippen LogP) is 4.60. The van der Waals surface area contributed by atoms with E-state index in [-0.39, 0.29) is 37.0 Å². The molecule has 0 aliphatic carbocycles. The van der Waals surface area contributed by atoms with Crippen molar-refractivity contribution in [2.45, 2.75) is 25.6 Å². The minimum absolute atomic E-state index is 0.0266. The third-order valence-corrected chi connectivity index (χ3v) is 7.26. The van der Waals surface area contributed by atoms with E-state index in [0.29, 0.717) is 32.4 Å². The van der Waals surface area contributed by atoms with E-state index in [2.05, 4.69) is 20.7 Å². The number of amides is 2. The summed E-state index contributed by atoms with van der Waals surface area (Å²) in [5.41, 5.74) is 1.28. The smallest absolute Gasteiger partial charge is 0.410 e.